The van der Waals surface area contributed by atoms with Crippen LogP contribution in [0, 0.1) is 12.7 Å². The number of aryl methyl sites for hydroxylation is 1. The number of hydrogen-bond acceptors (Lipinski definition) is 5. The molecule has 3 aromatic rings. The zero-order valence-corrected chi connectivity index (χ0v) is 21.0. The molecule has 0 radical (unpaired) electrons. The van der Waals surface area contributed by atoms with E-state index >= 15 is 0 Å². The SMILES string of the molecule is Cc1nc(N2CCC(c3nnc4n3-c3ccc(Cl)cc3CN(C(C)(C)C(F)(F)F)C4)CC2)ccc1F. The fourth-order valence-electron chi connectivity index (χ4n) is 4.94. The number of pyridine rings is 1. The normalized spacial score (nSPS) is 17.6. The Balaban J connectivity index is 1.47. The highest BCUT2D eigenvalue weighted by Crippen LogP contribution is 2.40. The van der Waals surface area contributed by atoms with E-state index in [0.29, 0.717) is 35.2 Å². The summed E-state index contributed by atoms with van der Waals surface area (Å²) in [6.07, 6.45) is -2.91. The van der Waals surface area contributed by atoms with E-state index < -0.39 is 11.7 Å². The Morgan fingerprint density at radius 1 is 1.00 bits per heavy atom. The summed E-state index contributed by atoms with van der Waals surface area (Å²) in [7, 11) is 0. The molecule has 4 heterocycles. The monoisotopic (exact) mass is 522 g/mol. The van der Waals surface area contributed by atoms with Crippen molar-refractivity contribution in [1.29, 1.82) is 0 Å². The van der Waals surface area contributed by atoms with Gasteiger partial charge in [0.1, 0.15) is 23.0 Å². The molecule has 5 rings (SSSR count). The fraction of sp³-hybridized carbons (Fsp3) is 0.480. The minimum atomic E-state index is -4.43. The predicted octanol–water partition coefficient (Wildman–Crippen LogP) is 5.80. The van der Waals surface area contributed by atoms with E-state index in [-0.39, 0.29) is 24.8 Å². The lowest BCUT2D eigenvalue weighted by Crippen LogP contribution is -2.53. The number of alkyl halides is 3. The van der Waals surface area contributed by atoms with E-state index in [1.807, 2.05) is 10.6 Å². The van der Waals surface area contributed by atoms with Crippen molar-refractivity contribution in [2.45, 2.75) is 64.3 Å². The Morgan fingerprint density at radius 2 is 1.72 bits per heavy atom. The predicted molar refractivity (Wildman–Crippen MR) is 129 cm³/mol. The molecule has 0 bridgehead atoms. The molecule has 0 saturated carbocycles. The molecule has 2 aliphatic rings. The molecule has 0 aliphatic carbocycles. The number of benzene rings is 1. The van der Waals surface area contributed by atoms with Crippen LogP contribution in [0.5, 0.6) is 0 Å². The van der Waals surface area contributed by atoms with Gasteiger partial charge >= 0.3 is 6.18 Å². The highest BCUT2D eigenvalue weighted by Gasteiger charge is 2.52. The largest absolute Gasteiger partial charge is 0.406 e. The van der Waals surface area contributed by atoms with Gasteiger partial charge < -0.3 is 4.90 Å². The van der Waals surface area contributed by atoms with Crippen LogP contribution in [0.25, 0.3) is 5.69 Å². The van der Waals surface area contributed by atoms with E-state index in [2.05, 4.69) is 20.1 Å². The van der Waals surface area contributed by atoms with E-state index in [1.165, 1.54) is 24.8 Å². The Kier molecular flexibility index (Phi) is 6.23. The van der Waals surface area contributed by atoms with Crippen molar-refractivity contribution in [3.8, 4) is 5.69 Å². The Bertz CT molecular complexity index is 1280. The average Bonchev–Trinajstić information content (AvgIpc) is 3.15. The third-order valence-electron chi connectivity index (χ3n) is 7.41. The van der Waals surface area contributed by atoms with Gasteiger partial charge in [-0.15, -0.1) is 10.2 Å². The molecule has 0 unspecified atom stereocenters. The van der Waals surface area contributed by atoms with Gasteiger partial charge in [-0.25, -0.2) is 9.37 Å². The van der Waals surface area contributed by atoms with Crippen LogP contribution in [-0.4, -0.2) is 49.5 Å². The van der Waals surface area contributed by atoms with Crippen LogP contribution in [0.1, 0.15) is 55.5 Å². The molecule has 1 saturated heterocycles. The molecule has 1 aromatic carbocycles. The van der Waals surface area contributed by atoms with Crippen LogP contribution in [0.2, 0.25) is 5.02 Å². The number of halogens is 5. The standard InChI is InChI=1S/C25H27ClF4N6/c1-15-19(27)5-7-21(31-15)34-10-8-16(9-11-34)23-33-32-22-14-35(24(2,3)25(28,29)30)13-17-12-18(26)4-6-20(17)36(22)23/h4-7,12,16H,8-11,13-14H2,1-3H3. The van der Waals surface area contributed by atoms with E-state index in [4.69, 9.17) is 11.6 Å². The van der Waals surface area contributed by atoms with Crippen LogP contribution < -0.4 is 4.90 Å². The number of aromatic nitrogens is 4. The third kappa shape index (κ3) is 4.34. The summed E-state index contributed by atoms with van der Waals surface area (Å²) < 4.78 is 57.4. The van der Waals surface area contributed by atoms with Crippen molar-refractivity contribution in [1.82, 2.24) is 24.6 Å². The van der Waals surface area contributed by atoms with Crippen molar-refractivity contribution in [2.75, 3.05) is 18.0 Å². The van der Waals surface area contributed by atoms with Gasteiger partial charge in [-0.1, -0.05) is 11.6 Å². The smallest absolute Gasteiger partial charge is 0.357 e. The number of piperidine rings is 1. The van der Waals surface area contributed by atoms with Gasteiger partial charge in [0.25, 0.3) is 0 Å². The fourth-order valence-corrected chi connectivity index (χ4v) is 5.13. The average molecular weight is 523 g/mol. The van der Waals surface area contributed by atoms with Gasteiger partial charge in [0.2, 0.25) is 0 Å². The molecule has 0 atom stereocenters. The summed E-state index contributed by atoms with van der Waals surface area (Å²) in [4.78, 5) is 7.86. The Labute approximate surface area is 211 Å². The number of nitrogens with zero attached hydrogens (tertiary/aromatic N) is 6. The molecule has 0 spiro atoms. The van der Waals surface area contributed by atoms with E-state index in [9.17, 15) is 17.6 Å². The first kappa shape index (κ1) is 25.0. The van der Waals surface area contributed by atoms with Crippen LogP contribution in [-0.2, 0) is 13.1 Å². The van der Waals surface area contributed by atoms with Gasteiger partial charge in [-0.2, -0.15) is 13.2 Å². The lowest BCUT2D eigenvalue weighted by atomic mass is 9.95. The lowest BCUT2D eigenvalue weighted by molar-refractivity contribution is -0.224. The molecular formula is C25H27ClF4N6. The van der Waals surface area contributed by atoms with Crippen LogP contribution in [0.4, 0.5) is 23.4 Å². The van der Waals surface area contributed by atoms with Gasteiger partial charge in [0.05, 0.1) is 17.9 Å². The van der Waals surface area contributed by atoms with E-state index in [1.54, 1.807) is 25.1 Å². The third-order valence-corrected chi connectivity index (χ3v) is 7.64. The minimum Gasteiger partial charge on any atom is -0.357 e. The summed E-state index contributed by atoms with van der Waals surface area (Å²) in [5.74, 6) is 1.68. The maximum atomic E-state index is 14.0. The van der Waals surface area contributed by atoms with Crippen molar-refractivity contribution in [3.63, 3.8) is 0 Å². The summed E-state index contributed by atoms with van der Waals surface area (Å²) in [6.45, 7) is 5.50. The van der Waals surface area contributed by atoms with Gasteiger partial charge in [-0.3, -0.25) is 9.47 Å². The molecule has 6 nitrogen and oxygen atoms in total. The summed E-state index contributed by atoms with van der Waals surface area (Å²) >= 11 is 6.25. The minimum absolute atomic E-state index is 0.00340. The number of fused-ring (bicyclic) bond motifs is 3. The maximum Gasteiger partial charge on any atom is 0.406 e. The van der Waals surface area contributed by atoms with Crippen molar-refractivity contribution in [3.05, 3.63) is 64.1 Å². The van der Waals surface area contributed by atoms with Crippen molar-refractivity contribution >= 4 is 17.4 Å². The topological polar surface area (TPSA) is 50.1 Å². The number of hydrogen-bond donors (Lipinski definition) is 0. The molecule has 1 fully saturated rings. The quantitative estimate of drug-likeness (QED) is 0.407. The van der Waals surface area contributed by atoms with Crippen molar-refractivity contribution < 1.29 is 17.6 Å². The molecular weight excluding hydrogens is 496 g/mol. The van der Waals surface area contributed by atoms with Crippen molar-refractivity contribution in [2.24, 2.45) is 0 Å². The number of rotatable bonds is 3. The first-order valence-electron chi connectivity index (χ1n) is 11.9. The second-order valence-electron chi connectivity index (χ2n) is 9.99. The highest BCUT2D eigenvalue weighted by molar-refractivity contribution is 6.30. The van der Waals surface area contributed by atoms with E-state index in [0.717, 1.165) is 30.2 Å². The van der Waals surface area contributed by atoms with Crippen LogP contribution >= 0.6 is 11.6 Å². The zero-order chi connectivity index (χ0) is 25.8. The maximum absolute atomic E-state index is 14.0. The second-order valence-corrected chi connectivity index (χ2v) is 10.4. The first-order chi connectivity index (χ1) is 17.0. The summed E-state index contributed by atoms with van der Waals surface area (Å²) in [5, 5.41) is 9.30. The molecule has 36 heavy (non-hydrogen) atoms. The van der Waals surface area contributed by atoms with Crippen LogP contribution in [0.15, 0.2) is 30.3 Å². The lowest BCUT2D eigenvalue weighted by Gasteiger charge is -2.38. The Morgan fingerprint density at radius 3 is 2.39 bits per heavy atom. The summed E-state index contributed by atoms with van der Waals surface area (Å²) in [5.41, 5.74) is -0.255. The number of anilines is 1. The van der Waals surface area contributed by atoms with Gasteiger partial charge in [0, 0.05) is 30.6 Å². The van der Waals surface area contributed by atoms with Crippen LogP contribution in [0.3, 0.4) is 0 Å². The molecule has 2 aromatic heterocycles. The van der Waals surface area contributed by atoms with Gasteiger partial charge in [-0.05, 0) is 69.5 Å². The molecule has 2 aliphatic heterocycles. The van der Waals surface area contributed by atoms with Gasteiger partial charge in [0.15, 0.2) is 5.82 Å². The Hall–Kier alpha value is -2.72. The highest BCUT2D eigenvalue weighted by atomic mass is 35.5. The molecule has 192 valence electrons. The molecule has 0 amide bonds. The summed E-state index contributed by atoms with van der Waals surface area (Å²) in [6, 6.07) is 8.41. The zero-order valence-electron chi connectivity index (χ0n) is 20.3. The second kappa shape index (κ2) is 8.99. The molecule has 0 N–H and O–H groups in total. The first-order valence-corrected chi connectivity index (χ1v) is 12.3. The molecule has 11 heteroatoms.